The van der Waals surface area contributed by atoms with Crippen LogP contribution in [0.15, 0.2) is 69.6 Å². The summed E-state index contributed by atoms with van der Waals surface area (Å²) < 4.78 is 4.13. The number of thiophene rings is 2. The van der Waals surface area contributed by atoms with Gasteiger partial charge in [-0.05, 0) is 34.0 Å². The van der Waals surface area contributed by atoms with Crippen molar-refractivity contribution < 1.29 is 0 Å². The molecule has 0 spiro atoms. The Hall–Kier alpha value is -2.40. The van der Waals surface area contributed by atoms with Crippen molar-refractivity contribution in [3.63, 3.8) is 0 Å². The van der Waals surface area contributed by atoms with Crippen LogP contribution in [0.2, 0.25) is 0 Å². The van der Waals surface area contributed by atoms with Crippen LogP contribution in [0.5, 0.6) is 0 Å². The van der Waals surface area contributed by atoms with Gasteiger partial charge in [-0.3, -0.25) is 0 Å². The first-order valence-electron chi connectivity index (χ1n) is 9.89. The van der Waals surface area contributed by atoms with Gasteiger partial charge in [-0.2, -0.15) is 0 Å². The van der Waals surface area contributed by atoms with Crippen LogP contribution >= 0.6 is 46.2 Å². The largest absolute Gasteiger partial charge is 0.304 e. The third-order valence-corrected chi connectivity index (χ3v) is 8.79. The fourth-order valence-electron chi connectivity index (χ4n) is 3.23. The highest BCUT2D eigenvalue weighted by molar-refractivity contribution is 7.98. The maximum absolute atomic E-state index is 4.38. The molecule has 5 rings (SSSR count). The molecule has 1 aromatic carbocycles. The van der Waals surface area contributed by atoms with Crippen molar-refractivity contribution in [2.24, 2.45) is 14.1 Å². The van der Waals surface area contributed by atoms with Gasteiger partial charge in [0.25, 0.3) is 0 Å². The quantitative estimate of drug-likeness (QED) is 0.246. The van der Waals surface area contributed by atoms with Crippen LogP contribution in [0.4, 0.5) is 0 Å². The van der Waals surface area contributed by atoms with Crippen LogP contribution in [-0.2, 0) is 25.6 Å². The van der Waals surface area contributed by atoms with Crippen LogP contribution in [-0.4, -0.2) is 29.5 Å². The van der Waals surface area contributed by atoms with Gasteiger partial charge >= 0.3 is 0 Å². The molecule has 162 valence electrons. The standard InChI is InChI=1S/C22H20N6S4/c1-27-19(17-8-4-10-29-17)23-25-21(27)31-13-15-6-3-7-16(12-15)14-32-22-26-24-20(28(22)2)18-9-5-11-30-18/h3-12H,13-14H2,1-2H3. The van der Waals surface area contributed by atoms with E-state index in [1.54, 1.807) is 46.2 Å². The second-order valence-electron chi connectivity index (χ2n) is 7.08. The lowest BCUT2D eigenvalue weighted by atomic mass is 10.2. The number of aromatic nitrogens is 6. The van der Waals surface area contributed by atoms with Crippen molar-refractivity contribution in [1.82, 2.24) is 29.5 Å². The van der Waals surface area contributed by atoms with Gasteiger partial charge in [0.05, 0.1) is 9.75 Å². The smallest absolute Gasteiger partial charge is 0.191 e. The van der Waals surface area contributed by atoms with E-state index >= 15 is 0 Å². The SMILES string of the molecule is Cn1c(SCc2cccc(CSc3nnc(-c4cccs4)n3C)c2)nnc1-c1cccs1. The summed E-state index contributed by atoms with van der Waals surface area (Å²) in [7, 11) is 4.05. The van der Waals surface area contributed by atoms with Gasteiger partial charge in [0.1, 0.15) is 0 Å². The molecule has 0 saturated heterocycles. The van der Waals surface area contributed by atoms with Gasteiger partial charge < -0.3 is 9.13 Å². The third kappa shape index (κ3) is 4.54. The molecule has 0 aliphatic carbocycles. The Morgan fingerprint density at radius 3 is 1.62 bits per heavy atom. The molecule has 0 amide bonds. The van der Waals surface area contributed by atoms with E-state index in [1.807, 2.05) is 26.2 Å². The van der Waals surface area contributed by atoms with Crippen molar-refractivity contribution in [3.8, 4) is 21.4 Å². The Labute approximate surface area is 202 Å². The fraction of sp³-hybridized carbons (Fsp3) is 0.182. The van der Waals surface area contributed by atoms with Gasteiger partial charge in [0, 0.05) is 25.6 Å². The summed E-state index contributed by atoms with van der Waals surface area (Å²) >= 11 is 6.77. The van der Waals surface area contributed by atoms with E-state index in [4.69, 9.17) is 0 Å². The van der Waals surface area contributed by atoms with E-state index in [-0.39, 0.29) is 0 Å². The minimum Gasteiger partial charge on any atom is -0.304 e. The molecule has 32 heavy (non-hydrogen) atoms. The summed E-state index contributed by atoms with van der Waals surface area (Å²) in [5.74, 6) is 3.53. The predicted octanol–water partition coefficient (Wildman–Crippen LogP) is 5.99. The lowest BCUT2D eigenvalue weighted by Crippen LogP contribution is -1.95. The van der Waals surface area contributed by atoms with Crippen LogP contribution < -0.4 is 0 Å². The number of thioether (sulfide) groups is 2. The van der Waals surface area contributed by atoms with Crippen molar-refractivity contribution in [2.75, 3.05) is 0 Å². The average Bonchev–Trinajstić information content (AvgIpc) is 3.60. The fourth-order valence-corrected chi connectivity index (χ4v) is 6.42. The molecule has 4 heterocycles. The van der Waals surface area contributed by atoms with Gasteiger partial charge in [0.15, 0.2) is 22.0 Å². The summed E-state index contributed by atoms with van der Waals surface area (Å²) in [6, 6.07) is 16.9. The van der Waals surface area contributed by atoms with Gasteiger partial charge in [0.2, 0.25) is 0 Å². The van der Waals surface area contributed by atoms with Crippen LogP contribution in [0.25, 0.3) is 21.4 Å². The molecule has 0 aliphatic heterocycles. The Morgan fingerprint density at radius 1 is 0.688 bits per heavy atom. The van der Waals surface area contributed by atoms with Crippen molar-refractivity contribution in [2.45, 2.75) is 21.8 Å². The second kappa shape index (κ2) is 9.62. The third-order valence-electron chi connectivity index (χ3n) is 4.88. The van der Waals surface area contributed by atoms with Gasteiger partial charge in [-0.15, -0.1) is 43.1 Å². The average molecular weight is 497 g/mol. The normalized spacial score (nSPS) is 11.3. The molecular formula is C22H20N6S4. The molecule has 0 radical (unpaired) electrons. The first-order chi connectivity index (χ1) is 15.7. The first kappa shape index (κ1) is 21.4. The highest BCUT2D eigenvalue weighted by Crippen LogP contribution is 2.30. The Kier molecular flexibility index (Phi) is 6.44. The molecule has 0 saturated carbocycles. The molecule has 10 heteroatoms. The topological polar surface area (TPSA) is 61.4 Å². The maximum Gasteiger partial charge on any atom is 0.191 e. The van der Waals surface area contributed by atoms with Gasteiger partial charge in [-0.25, -0.2) is 0 Å². The van der Waals surface area contributed by atoms with Crippen LogP contribution in [0, 0.1) is 0 Å². The molecule has 0 atom stereocenters. The molecule has 0 unspecified atom stereocenters. The summed E-state index contributed by atoms with van der Waals surface area (Å²) in [5, 5.41) is 23.5. The number of rotatable bonds is 8. The summed E-state index contributed by atoms with van der Waals surface area (Å²) in [6.45, 7) is 0. The van der Waals surface area contributed by atoms with Crippen molar-refractivity contribution >= 4 is 46.2 Å². The number of hydrogen-bond donors (Lipinski definition) is 0. The van der Waals surface area contributed by atoms with Crippen molar-refractivity contribution in [1.29, 1.82) is 0 Å². The summed E-state index contributed by atoms with van der Waals surface area (Å²) in [5.41, 5.74) is 2.54. The van der Waals surface area contributed by atoms with E-state index in [0.29, 0.717) is 0 Å². The highest BCUT2D eigenvalue weighted by Gasteiger charge is 2.13. The monoisotopic (exact) mass is 496 g/mol. The van der Waals surface area contributed by atoms with E-state index < -0.39 is 0 Å². The molecule has 0 fully saturated rings. The predicted molar refractivity (Wildman–Crippen MR) is 134 cm³/mol. The number of hydrogen-bond acceptors (Lipinski definition) is 8. The first-order valence-corrected chi connectivity index (χ1v) is 13.6. The lowest BCUT2D eigenvalue weighted by molar-refractivity contribution is 0.794. The minimum absolute atomic E-state index is 0.849. The van der Waals surface area contributed by atoms with Crippen LogP contribution in [0.1, 0.15) is 11.1 Å². The number of benzene rings is 1. The van der Waals surface area contributed by atoms with E-state index in [0.717, 1.165) is 43.2 Å². The zero-order valence-corrected chi connectivity index (χ0v) is 20.8. The minimum atomic E-state index is 0.849. The van der Waals surface area contributed by atoms with E-state index in [1.165, 1.54) is 11.1 Å². The highest BCUT2D eigenvalue weighted by atomic mass is 32.2. The zero-order chi connectivity index (χ0) is 21.9. The van der Waals surface area contributed by atoms with E-state index in [2.05, 4.69) is 76.7 Å². The van der Waals surface area contributed by atoms with Gasteiger partial charge in [-0.1, -0.05) is 59.9 Å². The molecule has 4 aromatic heterocycles. The van der Waals surface area contributed by atoms with Crippen LogP contribution in [0.3, 0.4) is 0 Å². The number of nitrogens with zero attached hydrogens (tertiary/aromatic N) is 6. The maximum atomic E-state index is 4.38. The summed E-state index contributed by atoms with van der Waals surface area (Å²) in [4.78, 5) is 2.27. The summed E-state index contributed by atoms with van der Waals surface area (Å²) in [6.07, 6.45) is 0. The molecule has 0 N–H and O–H groups in total. The second-order valence-corrected chi connectivity index (χ2v) is 10.9. The van der Waals surface area contributed by atoms with E-state index in [9.17, 15) is 0 Å². The molecule has 0 bridgehead atoms. The Morgan fingerprint density at radius 2 is 1.19 bits per heavy atom. The molecule has 6 nitrogen and oxygen atoms in total. The Bertz CT molecular complexity index is 1210. The zero-order valence-electron chi connectivity index (χ0n) is 17.5. The Balaban J connectivity index is 1.22. The molecule has 0 aliphatic rings. The van der Waals surface area contributed by atoms with Crippen molar-refractivity contribution in [3.05, 3.63) is 70.4 Å². The lowest BCUT2D eigenvalue weighted by Gasteiger charge is -2.06. The molecular weight excluding hydrogens is 477 g/mol. The molecule has 5 aromatic rings.